The van der Waals surface area contributed by atoms with Crippen molar-refractivity contribution in [3.63, 3.8) is 0 Å². The monoisotopic (exact) mass is 350 g/mol. The van der Waals surface area contributed by atoms with E-state index < -0.39 is 6.10 Å². The van der Waals surface area contributed by atoms with E-state index in [0.29, 0.717) is 0 Å². The van der Waals surface area contributed by atoms with Crippen LogP contribution in [0.5, 0.6) is 0 Å². The van der Waals surface area contributed by atoms with Crippen molar-refractivity contribution >= 4 is 15.9 Å². The van der Waals surface area contributed by atoms with Gasteiger partial charge in [-0.25, -0.2) is 0 Å². The third-order valence-electron chi connectivity index (χ3n) is 4.32. The fraction of sp³-hybridized carbons (Fsp3) is 0.100. The molecule has 4 rings (SSSR count). The van der Waals surface area contributed by atoms with Crippen LogP contribution in [-0.2, 0) is 6.42 Å². The van der Waals surface area contributed by atoms with Gasteiger partial charge in [0.2, 0.25) is 0 Å². The molecule has 0 radical (unpaired) electrons. The van der Waals surface area contributed by atoms with Gasteiger partial charge in [0.1, 0.15) is 6.10 Å². The molecule has 0 spiro atoms. The van der Waals surface area contributed by atoms with E-state index in [-0.39, 0.29) is 0 Å². The zero-order valence-electron chi connectivity index (χ0n) is 12.0. The molecule has 3 aromatic rings. The van der Waals surface area contributed by atoms with Gasteiger partial charge in [0.25, 0.3) is 0 Å². The lowest BCUT2D eigenvalue weighted by Crippen LogP contribution is -2.00. The van der Waals surface area contributed by atoms with Crippen molar-refractivity contribution in [2.24, 2.45) is 0 Å². The summed E-state index contributed by atoms with van der Waals surface area (Å²) in [6.45, 7) is 0. The van der Waals surface area contributed by atoms with Crippen LogP contribution < -0.4 is 0 Å². The molecular formula is C20H15BrO. The number of aliphatic hydroxyl groups is 1. The minimum Gasteiger partial charge on any atom is -0.384 e. The van der Waals surface area contributed by atoms with E-state index in [4.69, 9.17) is 0 Å². The summed E-state index contributed by atoms with van der Waals surface area (Å²) in [4.78, 5) is 0. The second kappa shape index (κ2) is 5.38. The maximum absolute atomic E-state index is 10.6. The number of hydrogen-bond acceptors (Lipinski definition) is 1. The molecule has 1 nitrogen and oxygen atoms in total. The predicted molar refractivity (Wildman–Crippen MR) is 92.9 cm³/mol. The highest BCUT2D eigenvalue weighted by molar-refractivity contribution is 9.10. The molecule has 0 fully saturated rings. The van der Waals surface area contributed by atoms with E-state index in [1.807, 2.05) is 30.3 Å². The normalized spacial score (nSPS) is 13.5. The topological polar surface area (TPSA) is 20.2 Å². The average Bonchev–Trinajstić information content (AvgIpc) is 2.92. The number of hydrogen-bond donors (Lipinski definition) is 1. The minimum atomic E-state index is -0.581. The maximum atomic E-state index is 10.6. The van der Waals surface area contributed by atoms with Gasteiger partial charge in [0.15, 0.2) is 0 Å². The van der Waals surface area contributed by atoms with Gasteiger partial charge in [-0.2, -0.15) is 0 Å². The SMILES string of the molecule is O[C@H](c1ccc(Br)cc1)c1ccc2c(c1)Cc1ccccc1-2. The molecule has 0 amide bonds. The lowest BCUT2D eigenvalue weighted by molar-refractivity contribution is 0.220. The number of rotatable bonds is 2. The molecule has 1 N–H and O–H groups in total. The van der Waals surface area contributed by atoms with E-state index in [9.17, 15) is 5.11 Å². The van der Waals surface area contributed by atoms with Crippen molar-refractivity contribution in [1.82, 2.24) is 0 Å². The van der Waals surface area contributed by atoms with Gasteiger partial charge in [-0.3, -0.25) is 0 Å². The average molecular weight is 351 g/mol. The molecule has 1 aliphatic rings. The third-order valence-corrected chi connectivity index (χ3v) is 4.85. The highest BCUT2D eigenvalue weighted by Gasteiger charge is 2.20. The molecule has 1 aliphatic carbocycles. The second-order valence-electron chi connectivity index (χ2n) is 5.70. The molecule has 0 saturated carbocycles. The first-order chi connectivity index (χ1) is 10.7. The van der Waals surface area contributed by atoms with Gasteiger partial charge in [0.05, 0.1) is 0 Å². The van der Waals surface area contributed by atoms with Crippen LogP contribution in [0.15, 0.2) is 71.2 Å². The van der Waals surface area contributed by atoms with E-state index in [2.05, 4.69) is 52.3 Å². The van der Waals surface area contributed by atoms with Crippen molar-refractivity contribution in [2.45, 2.75) is 12.5 Å². The van der Waals surface area contributed by atoms with Crippen LogP contribution >= 0.6 is 15.9 Å². The summed E-state index contributed by atoms with van der Waals surface area (Å²) in [6.07, 6.45) is 0.369. The van der Waals surface area contributed by atoms with Gasteiger partial charge in [0, 0.05) is 4.47 Å². The lowest BCUT2D eigenvalue weighted by Gasteiger charge is -2.13. The molecule has 22 heavy (non-hydrogen) atoms. The lowest BCUT2D eigenvalue weighted by atomic mass is 9.97. The Morgan fingerprint density at radius 2 is 1.45 bits per heavy atom. The van der Waals surface area contributed by atoms with Crippen LogP contribution in [0.4, 0.5) is 0 Å². The Kier molecular flexibility index (Phi) is 3.36. The smallest absolute Gasteiger partial charge is 0.104 e. The summed E-state index contributed by atoms with van der Waals surface area (Å²) in [7, 11) is 0. The largest absolute Gasteiger partial charge is 0.384 e. The van der Waals surface area contributed by atoms with Gasteiger partial charge in [-0.15, -0.1) is 0 Å². The van der Waals surface area contributed by atoms with E-state index in [0.717, 1.165) is 22.0 Å². The van der Waals surface area contributed by atoms with Crippen LogP contribution in [0.2, 0.25) is 0 Å². The standard InChI is InChI=1S/C20H15BrO/c21-17-8-5-13(6-9-17)20(22)15-7-10-19-16(12-15)11-14-3-1-2-4-18(14)19/h1-10,12,20,22H,11H2/t20-/m1/s1. The summed E-state index contributed by atoms with van der Waals surface area (Å²) in [5, 5.41) is 10.6. The maximum Gasteiger partial charge on any atom is 0.104 e. The molecule has 0 unspecified atom stereocenters. The molecule has 0 aromatic heterocycles. The Bertz CT molecular complexity index is 837. The number of aliphatic hydroxyl groups excluding tert-OH is 1. The summed E-state index contributed by atoms with van der Waals surface area (Å²) >= 11 is 3.43. The van der Waals surface area contributed by atoms with Crippen molar-refractivity contribution in [2.75, 3.05) is 0 Å². The first-order valence-corrected chi connectivity index (χ1v) is 8.16. The van der Waals surface area contributed by atoms with Crippen LogP contribution in [0.3, 0.4) is 0 Å². The first-order valence-electron chi connectivity index (χ1n) is 7.37. The van der Waals surface area contributed by atoms with Crippen molar-refractivity contribution in [3.8, 4) is 11.1 Å². The highest BCUT2D eigenvalue weighted by Crippen LogP contribution is 2.38. The van der Waals surface area contributed by atoms with Gasteiger partial charge in [-0.05, 0) is 51.9 Å². The van der Waals surface area contributed by atoms with Gasteiger partial charge < -0.3 is 5.11 Å². The molecule has 3 aromatic carbocycles. The Morgan fingerprint density at radius 1 is 0.773 bits per heavy atom. The minimum absolute atomic E-state index is 0.581. The summed E-state index contributed by atoms with van der Waals surface area (Å²) < 4.78 is 1.02. The summed E-state index contributed by atoms with van der Waals surface area (Å²) in [6, 6.07) is 22.7. The number of fused-ring (bicyclic) bond motifs is 3. The van der Waals surface area contributed by atoms with Gasteiger partial charge >= 0.3 is 0 Å². The van der Waals surface area contributed by atoms with Gasteiger partial charge in [-0.1, -0.05) is 70.5 Å². The zero-order valence-corrected chi connectivity index (χ0v) is 13.5. The van der Waals surface area contributed by atoms with E-state index in [1.165, 1.54) is 22.3 Å². The number of benzene rings is 3. The summed E-state index contributed by atoms with van der Waals surface area (Å²) in [5.41, 5.74) is 7.15. The van der Waals surface area contributed by atoms with Crippen LogP contribution in [0.25, 0.3) is 11.1 Å². The molecule has 108 valence electrons. The molecule has 0 aliphatic heterocycles. The van der Waals surface area contributed by atoms with E-state index in [1.54, 1.807) is 0 Å². The second-order valence-corrected chi connectivity index (χ2v) is 6.62. The Balaban J connectivity index is 1.71. The van der Waals surface area contributed by atoms with Crippen molar-refractivity contribution < 1.29 is 5.11 Å². The zero-order chi connectivity index (χ0) is 15.1. The quantitative estimate of drug-likeness (QED) is 0.533. The molecule has 1 atom stereocenters. The van der Waals surface area contributed by atoms with Crippen molar-refractivity contribution in [1.29, 1.82) is 0 Å². The third kappa shape index (κ3) is 2.29. The molecular weight excluding hydrogens is 336 g/mol. The molecule has 2 heteroatoms. The first kappa shape index (κ1) is 13.7. The molecule has 0 bridgehead atoms. The highest BCUT2D eigenvalue weighted by atomic mass is 79.9. The molecule has 0 heterocycles. The van der Waals surface area contributed by atoms with Crippen LogP contribution in [0.1, 0.15) is 28.4 Å². The summed E-state index contributed by atoms with van der Waals surface area (Å²) in [5.74, 6) is 0. The Hall–Kier alpha value is -1.90. The predicted octanol–water partition coefficient (Wildman–Crippen LogP) is 5.10. The van der Waals surface area contributed by atoms with Crippen LogP contribution in [-0.4, -0.2) is 5.11 Å². The Morgan fingerprint density at radius 3 is 2.27 bits per heavy atom. The van der Waals surface area contributed by atoms with Crippen LogP contribution in [0, 0.1) is 0 Å². The van der Waals surface area contributed by atoms with Crippen molar-refractivity contribution in [3.05, 3.63) is 93.5 Å². The number of halogens is 1. The fourth-order valence-corrected chi connectivity index (χ4v) is 3.44. The Labute approximate surface area is 138 Å². The van der Waals surface area contributed by atoms with E-state index >= 15 is 0 Å². The fourth-order valence-electron chi connectivity index (χ4n) is 3.17. The molecule has 0 saturated heterocycles.